The normalized spacial score (nSPS) is 13.8. The predicted octanol–water partition coefficient (Wildman–Crippen LogP) is 3.20. The molecule has 1 unspecified atom stereocenters. The molecule has 1 rings (SSSR count). The lowest BCUT2D eigenvalue weighted by molar-refractivity contribution is -0.0484. The van der Waals surface area contributed by atoms with Gasteiger partial charge in [0.1, 0.15) is 5.82 Å². The monoisotopic (exact) mass is 260 g/mol. The van der Waals surface area contributed by atoms with Gasteiger partial charge in [0.05, 0.1) is 23.3 Å². The van der Waals surface area contributed by atoms with E-state index in [0.29, 0.717) is 5.56 Å². The maximum absolute atomic E-state index is 13.6. The highest BCUT2D eigenvalue weighted by Crippen LogP contribution is 2.19. The largest absolute Gasteiger partial charge is 0.390 e. The predicted molar refractivity (Wildman–Crippen MR) is 66.8 cm³/mol. The van der Waals surface area contributed by atoms with E-state index >= 15 is 0 Å². The van der Waals surface area contributed by atoms with Gasteiger partial charge in [-0.2, -0.15) is 0 Å². The number of ether oxygens (including phenoxy) is 1. The lowest BCUT2D eigenvalue weighted by atomic mass is 10.1. The van der Waals surface area contributed by atoms with Crippen LogP contribution in [0.25, 0.3) is 0 Å². The quantitative estimate of drug-likeness (QED) is 0.901. The molecule has 0 bridgehead atoms. The summed E-state index contributed by atoms with van der Waals surface area (Å²) >= 11 is 5.66. The van der Waals surface area contributed by atoms with Crippen molar-refractivity contribution in [2.75, 3.05) is 6.61 Å². The second-order valence-electron chi connectivity index (χ2n) is 4.99. The van der Waals surface area contributed by atoms with Crippen LogP contribution in [0.3, 0.4) is 0 Å². The van der Waals surface area contributed by atoms with Crippen LogP contribution in [0.4, 0.5) is 4.39 Å². The van der Waals surface area contributed by atoms with Gasteiger partial charge in [-0.15, -0.1) is 0 Å². The standard InChI is InChI=1S/C13H18ClFO2/c1-13(2,3)17-8-10(16)7-9-5-4-6-11(14)12(9)15/h4-6,10,16H,7-8H2,1-3H3. The van der Waals surface area contributed by atoms with Crippen LogP contribution >= 0.6 is 11.6 Å². The molecule has 96 valence electrons. The van der Waals surface area contributed by atoms with Crippen molar-refractivity contribution in [3.63, 3.8) is 0 Å². The molecule has 4 heteroatoms. The Labute approximate surface area is 106 Å². The van der Waals surface area contributed by atoms with E-state index in [2.05, 4.69) is 0 Å². The average molecular weight is 261 g/mol. The minimum atomic E-state index is -0.734. The fourth-order valence-electron chi connectivity index (χ4n) is 1.37. The first-order chi connectivity index (χ1) is 7.79. The summed E-state index contributed by atoms with van der Waals surface area (Å²) in [7, 11) is 0. The van der Waals surface area contributed by atoms with Gasteiger partial charge >= 0.3 is 0 Å². The smallest absolute Gasteiger partial charge is 0.145 e. The van der Waals surface area contributed by atoms with Gasteiger partial charge in [0, 0.05) is 6.42 Å². The Morgan fingerprint density at radius 2 is 2.06 bits per heavy atom. The Hall–Kier alpha value is -0.640. The summed E-state index contributed by atoms with van der Waals surface area (Å²) in [5.41, 5.74) is 0.0935. The van der Waals surface area contributed by atoms with Crippen LogP contribution in [0.5, 0.6) is 0 Å². The van der Waals surface area contributed by atoms with E-state index in [0.717, 1.165) is 0 Å². The number of halogens is 2. The molecule has 1 atom stereocenters. The van der Waals surface area contributed by atoms with Crippen LogP contribution in [0.1, 0.15) is 26.3 Å². The maximum atomic E-state index is 13.6. The molecule has 0 radical (unpaired) electrons. The van der Waals surface area contributed by atoms with E-state index in [9.17, 15) is 9.50 Å². The second kappa shape index (κ2) is 5.80. The van der Waals surface area contributed by atoms with Crippen molar-refractivity contribution >= 4 is 11.6 Å². The first-order valence-electron chi connectivity index (χ1n) is 5.54. The fourth-order valence-corrected chi connectivity index (χ4v) is 1.56. The second-order valence-corrected chi connectivity index (χ2v) is 5.40. The molecule has 2 nitrogen and oxygen atoms in total. The van der Waals surface area contributed by atoms with Gasteiger partial charge < -0.3 is 9.84 Å². The summed E-state index contributed by atoms with van der Waals surface area (Å²) in [5, 5.41) is 9.82. The molecule has 0 spiro atoms. The Bertz CT molecular complexity index is 374. The van der Waals surface area contributed by atoms with Crippen molar-refractivity contribution < 1.29 is 14.2 Å². The van der Waals surface area contributed by atoms with E-state index in [1.54, 1.807) is 12.1 Å². The van der Waals surface area contributed by atoms with Crippen molar-refractivity contribution in [3.8, 4) is 0 Å². The van der Waals surface area contributed by atoms with Crippen LogP contribution in [0, 0.1) is 5.82 Å². The summed E-state index contributed by atoms with van der Waals surface area (Å²) in [4.78, 5) is 0. The van der Waals surface area contributed by atoms with E-state index in [1.165, 1.54) is 6.07 Å². The Kier molecular flexibility index (Phi) is 4.92. The van der Waals surface area contributed by atoms with Gasteiger partial charge in [-0.1, -0.05) is 23.7 Å². The lowest BCUT2D eigenvalue weighted by Crippen LogP contribution is -2.27. The van der Waals surface area contributed by atoms with E-state index < -0.39 is 11.9 Å². The highest BCUT2D eigenvalue weighted by molar-refractivity contribution is 6.30. The topological polar surface area (TPSA) is 29.5 Å². The molecule has 17 heavy (non-hydrogen) atoms. The third-order valence-electron chi connectivity index (χ3n) is 2.20. The third-order valence-corrected chi connectivity index (χ3v) is 2.49. The van der Waals surface area contributed by atoms with Gasteiger partial charge in [0.25, 0.3) is 0 Å². The zero-order chi connectivity index (χ0) is 13.1. The van der Waals surface area contributed by atoms with Gasteiger partial charge in [0.2, 0.25) is 0 Å². The molecule has 0 aliphatic rings. The van der Waals surface area contributed by atoms with Crippen LogP contribution in [0.15, 0.2) is 18.2 Å². The van der Waals surface area contributed by atoms with Gasteiger partial charge in [0.15, 0.2) is 0 Å². The van der Waals surface area contributed by atoms with Crippen molar-refractivity contribution in [1.29, 1.82) is 0 Å². The summed E-state index contributed by atoms with van der Waals surface area (Å²) in [6.07, 6.45) is -0.537. The van der Waals surface area contributed by atoms with Crippen molar-refractivity contribution in [1.82, 2.24) is 0 Å². The zero-order valence-corrected chi connectivity index (χ0v) is 11.1. The molecule has 0 saturated heterocycles. The number of hydrogen-bond acceptors (Lipinski definition) is 2. The van der Waals surface area contributed by atoms with Gasteiger partial charge in [-0.05, 0) is 32.4 Å². The molecular formula is C13H18ClFO2. The Balaban J connectivity index is 2.56. The fraction of sp³-hybridized carbons (Fsp3) is 0.538. The zero-order valence-electron chi connectivity index (χ0n) is 10.3. The van der Waals surface area contributed by atoms with Gasteiger partial charge in [-0.25, -0.2) is 4.39 Å². The number of aliphatic hydroxyl groups excluding tert-OH is 1. The van der Waals surface area contributed by atoms with Crippen LogP contribution in [0.2, 0.25) is 5.02 Å². The van der Waals surface area contributed by atoms with E-state index in [4.69, 9.17) is 16.3 Å². The van der Waals surface area contributed by atoms with Crippen molar-refractivity contribution in [2.45, 2.75) is 38.9 Å². The number of aliphatic hydroxyl groups is 1. The molecule has 1 N–H and O–H groups in total. The SMILES string of the molecule is CC(C)(C)OCC(O)Cc1cccc(Cl)c1F. The molecule has 1 aromatic carbocycles. The number of hydrogen-bond donors (Lipinski definition) is 1. The highest BCUT2D eigenvalue weighted by Gasteiger charge is 2.16. The molecular weight excluding hydrogens is 243 g/mol. The van der Waals surface area contributed by atoms with Crippen LogP contribution in [-0.2, 0) is 11.2 Å². The number of rotatable bonds is 4. The van der Waals surface area contributed by atoms with E-state index in [-0.39, 0.29) is 23.7 Å². The molecule has 1 aromatic rings. The summed E-state index contributed by atoms with van der Waals surface area (Å²) in [6.45, 7) is 5.88. The minimum Gasteiger partial charge on any atom is -0.390 e. The minimum absolute atomic E-state index is 0.0754. The first kappa shape index (κ1) is 14.4. The molecule has 0 heterocycles. The van der Waals surface area contributed by atoms with Crippen molar-refractivity contribution in [2.24, 2.45) is 0 Å². The summed E-state index contributed by atoms with van der Waals surface area (Å²) < 4.78 is 19.0. The van der Waals surface area contributed by atoms with E-state index in [1.807, 2.05) is 20.8 Å². The molecule has 0 fully saturated rings. The average Bonchev–Trinajstić information content (AvgIpc) is 2.21. The highest BCUT2D eigenvalue weighted by atomic mass is 35.5. The maximum Gasteiger partial charge on any atom is 0.145 e. The Morgan fingerprint density at radius 1 is 1.41 bits per heavy atom. The van der Waals surface area contributed by atoms with Crippen molar-refractivity contribution in [3.05, 3.63) is 34.6 Å². The molecule has 0 aliphatic carbocycles. The van der Waals surface area contributed by atoms with Crippen LogP contribution in [-0.4, -0.2) is 23.4 Å². The molecule has 0 aliphatic heterocycles. The first-order valence-corrected chi connectivity index (χ1v) is 5.92. The lowest BCUT2D eigenvalue weighted by Gasteiger charge is -2.22. The molecule has 0 saturated carbocycles. The van der Waals surface area contributed by atoms with Gasteiger partial charge in [-0.3, -0.25) is 0 Å². The Morgan fingerprint density at radius 3 is 2.65 bits per heavy atom. The number of benzene rings is 1. The summed E-state index contributed by atoms with van der Waals surface area (Å²) in [5.74, 6) is -0.469. The van der Waals surface area contributed by atoms with Crippen LogP contribution < -0.4 is 0 Å². The summed E-state index contributed by atoms with van der Waals surface area (Å²) in [6, 6.07) is 4.76. The molecule has 0 amide bonds. The third kappa shape index (κ3) is 5.02. The molecule has 0 aromatic heterocycles.